The van der Waals surface area contributed by atoms with E-state index in [0.717, 1.165) is 33.4 Å². The van der Waals surface area contributed by atoms with Gasteiger partial charge >= 0.3 is 0 Å². The molecule has 3 heterocycles. The zero-order valence-corrected chi connectivity index (χ0v) is 25.4. The van der Waals surface area contributed by atoms with Crippen LogP contribution in [0.2, 0.25) is 0 Å². The smallest absolute Gasteiger partial charge is 0.168 e. The van der Waals surface area contributed by atoms with E-state index >= 15 is 0 Å². The molecule has 0 spiro atoms. The number of hydrogen-bond acceptors (Lipinski definition) is 9. The Morgan fingerprint density at radius 2 is 1.58 bits per heavy atom. The van der Waals surface area contributed by atoms with Gasteiger partial charge in [-0.15, -0.1) is 0 Å². The van der Waals surface area contributed by atoms with E-state index in [4.69, 9.17) is 18.9 Å². The minimum atomic E-state index is -0.606. The molecule has 9 heteroatoms. The lowest BCUT2D eigenvalue weighted by Gasteiger charge is -2.59. The normalized spacial score (nSPS) is 24.0. The third-order valence-corrected chi connectivity index (χ3v) is 9.07. The number of aliphatic hydroxyl groups is 1. The quantitative estimate of drug-likeness (QED) is 0.368. The first-order chi connectivity index (χ1) is 20.8. The fourth-order valence-corrected chi connectivity index (χ4v) is 7.48. The molecule has 2 aromatic rings. The Bertz CT molecular complexity index is 1480. The summed E-state index contributed by atoms with van der Waals surface area (Å²) in [6, 6.07) is 2.76. The Labute approximate surface area is 253 Å². The number of rotatable bonds is 11. The molecule has 43 heavy (non-hydrogen) atoms. The first-order valence-corrected chi connectivity index (χ1v) is 14.6. The highest BCUT2D eigenvalue weighted by atomic mass is 16.5. The van der Waals surface area contributed by atoms with Crippen LogP contribution in [0.4, 0.5) is 0 Å². The number of piperazine rings is 1. The Morgan fingerprint density at radius 3 is 2.16 bits per heavy atom. The average Bonchev–Trinajstić information content (AvgIpc) is 2.99. The minimum absolute atomic E-state index is 0.122. The van der Waals surface area contributed by atoms with Gasteiger partial charge in [-0.05, 0) is 44.9 Å². The van der Waals surface area contributed by atoms with Crippen LogP contribution < -0.4 is 18.9 Å². The number of fused-ring (bicyclic) bond motifs is 7. The van der Waals surface area contributed by atoms with Crippen LogP contribution in [0.15, 0.2) is 44.0 Å². The molecular formula is C34H41N3O6. The summed E-state index contributed by atoms with van der Waals surface area (Å²) in [4.78, 5) is 4.33. The average molecular weight is 588 g/mol. The van der Waals surface area contributed by atoms with E-state index in [1.54, 1.807) is 25.3 Å². The number of phenols is 1. The zero-order valence-electron chi connectivity index (χ0n) is 25.4. The van der Waals surface area contributed by atoms with E-state index < -0.39 is 12.1 Å². The van der Waals surface area contributed by atoms with Gasteiger partial charge in [-0.3, -0.25) is 9.80 Å². The van der Waals surface area contributed by atoms with Crippen molar-refractivity contribution in [2.75, 3.05) is 40.6 Å². The number of likely N-dealkylation sites (N-methyl/N-ethyl adjacent to an activating group) is 1. The molecule has 3 aliphatic heterocycles. The van der Waals surface area contributed by atoms with Crippen LogP contribution in [0.5, 0.6) is 28.7 Å². The lowest BCUT2D eigenvalue weighted by atomic mass is 9.71. The number of methoxy groups -OCH3 is 1. The van der Waals surface area contributed by atoms with Gasteiger partial charge < -0.3 is 29.2 Å². The third-order valence-electron chi connectivity index (χ3n) is 9.07. The molecule has 3 aliphatic rings. The van der Waals surface area contributed by atoms with Gasteiger partial charge in [-0.25, -0.2) is 0 Å². The van der Waals surface area contributed by atoms with Gasteiger partial charge in [-0.2, -0.15) is 5.26 Å². The number of aliphatic hydroxyl groups excluding tert-OH is 1. The number of aryl methyl sites for hydroxylation is 1. The van der Waals surface area contributed by atoms with Crippen molar-refractivity contribution in [2.45, 2.75) is 56.9 Å². The van der Waals surface area contributed by atoms with E-state index in [0.29, 0.717) is 35.8 Å². The van der Waals surface area contributed by atoms with Crippen molar-refractivity contribution >= 4 is 0 Å². The summed E-state index contributed by atoms with van der Waals surface area (Å²) in [7, 11) is 3.57. The summed E-state index contributed by atoms with van der Waals surface area (Å²) < 4.78 is 24.4. The molecule has 2 bridgehead atoms. The van der Waals surface area contributed by atoms with Gasteiger partial charge in [-0.1, -0.05) is 44.0 Å². The Hall–Kier alpha value is -3.97. The molecule has 0 radical (unpaired) electrons. The Morgan fingerprint density at radius 1 is 0.953 bits per heavy atom. The number of aromatic hydroxyl groups is 1. The molecule has 2 N–H and O–H groups in total. The predicted octanol–water partition coefficient (Wildman–Crippen LogP) is 4.48. The standard InChI is InChI=1S/C34H41N3O6/c1-8-11-41-32-20(5)33(42-12-9-2)34(43-13-10-3)28-22(32)16-24-29-27-21(14-19(4)31(40-7)30(27)39)15-23(36(29)6)25(17-35)37(24)26(28)18-38/h8-10,14,23-26,29,38-39H,1-3,11-13,15-16,18H2,4-7H3/t23-,24-,25-,26-,29+/m0/s1. The zero-order chi connectivity index (χ0) is 31.0. The molecular weight excluding hydrogens is 546 g/mol. The maximum Gasteiger partial charge on any atom is 0.168 e. The van der Waals surface area contributed by atoms with Crippen molar-refractivity contribution in [2.24, 2.45) is 0 Å². The number of nitriles is 1. The molecule has 0 aliphatic carbocycles. The fraction of sp³-hybridized carbons (Fsp3) is 0.441. The Kier molecular flexibility index (Phi) is 8.74. The van der Waals surface area contributed by atoms with Crippen LogP contribution >= 0.6 is 0 Å². The number of ether oxygens (including phenoxy) is 4. The monoisotopic (exact) mass is 587 g/mol. The minimum Gasteiger partial charge on any atom is -0.504 e. The van der Waals surface area contributed by atoms with Gasteiger partial charge in [0.15, 0.2) is 23.0 Å². The summed E-state index contributed by atoms with van der Waals surface area (Å²) in [6.45, 7) is 15.8. The van der Waals surface area contributed by atoms with Crippen molar-refractivity contribution in [1.29, 1.82) is 5.26 Å². The van der Waals surface area contributed by atoms with Gasteiger partial charge in [0, 0.05) is 34.3 Å². The van der Waals surface area contributed by atoms with E-state index in [9.17, 15) is 15.5 Å². The number of benzene rings is 2. The van der Waals surface area contributed by atoms with Crippen molar-refractivity contribution in [1.82, 2.24) is 9.80 Å². The van der Waals surface area contributed by atoms with Crippen LogP contribution in [0.3, 0.4) is 0 Å². The van der Waals surface area contributed by atoms with E-state index in [1.165, 1.54) is 0 Å². The first kappa shape index (κ1) is 30.5. The van der Waals surface area contributed by atoms with Crippen molar-refractivity contribution in [3.05, 3.63) is 77.4 Å². The summed E-state index contributed by atoms with van der Waals surface area (Å²) in [5, 5.41) is 33.4. The molecule has 0 aromatic heterocycles. The molecule has 2 aromatic carbocycles. The predicted molar refractivity (Wildman–Crippen MR) is 164 cm³/mol. The summed E-state index contributed by atoms with van der Waals surface area (Å²) in [5.74, 6) is 2.21. The summed E-state index contributed by atoms with van der Waals surface area (Å²) in [6.07, 6.45) is 6.05. The van der Waals surface area contributed by atoms with Gasteiger partial charge in [0.1, 0.15) is 31.6 Å². The van der Waals surface area contributed by atoms with Crippen LogP contribution in [0, 0.1) is 25.2 Å². The highest BCUT2D eigenvalue weighted by Gasteiger charge is 2.56. The molecule has 228 valence electrons. The van der Waals surface area contributed by atoms with Gasteiger partial charge in [0.25, 0.3) is 0 Å². The molecule has 5 rings (SSSR count). The lowest BCUT2D eigenvalue weighted by Crippen LogP contribution is -2.68. The van der Waals surface area contributed by atoms with E-state index in [2.05, 4.69) is 41.7 Å². The van der Waals surface area contributed by atoms with Crippen LogP contribution in [0.1, 0.15) is 45.5 Å². The van der Waals surface area contributed by atoms with Crippen LogP contribution in [-0.2, 0) is 12.8 Å². The molecule has 0 saturated carbocycles. The molecule has 0 unspecified atom stereocenters. The molecule has 1 saturated heterocycles. The second kappa shape index (κ2) is 12.3. The maximum atomic E-state index is 11.6. The van der Waals surface area contributed by atoms with Crippen molar-refractivity contribution in [3.8, 4) is 34.8 Å². The molecule has 0 amide bonds. The molecule has 9 nitrogen and oxygen atoms in total. The number of nitrogens with zero attached hydrogens (tertiary/aromatic N) is 3. The number of phenolic OH excluding ortho intramolecular Hbond substituents is 1. The fourth-order valence-electron chi connectivity index (χ4n) is 7.48. The topological polar surface area (TPSA) is 108 Å². The first-order valence-electron chi connectivity index (χ1n) is 14.6. The summed E-state index contributed by atoms with van der Waals surface area (Å²) >= 11 is 0. The van der Waals surface area contributed by atoms with Crippen LogP contribution in [0.25, 0.3) is 0 Å². The second-order valence-electron chi connectivity index (χ2n) is 11.3. The van der Waals surface area contributed by atoms with Gasteiger partial charge in [0.2, 0.25) is 0 Å². The largest absolute Gasteiger partial charge is 0.504 e. The SMILES string of the molecule is C=CCOc1c(C)c(OCC=C)c(OCC=C)c2c1C[C@H]1[C@@H]3c4c(cc(C)c(OC)c4O)C[C@@H]([C@H](C#N)N1[C@H]2CO)N3C. The Balaban J connectivity index is 1.80. The maximum absolute atomic E-state index is 11.6. The van der Waals surface area contributed by atoms with Crippen molar-refractivity contribution in [3.63, 3.8) is 0 Å². The summed E-state index contributed by atoms with van der Waals surface area (Å²) in [5.41, 5.74) is 5.03. The van der Waals surface area contributed by atoms with E-state index in [1.807, 2.05) is 20.9 Å². The third kappa shape index (κ3) is 4.74. The molecule has 5 atom stereocenters. The van der Waals surface area contributed by atoms with Gasteiger partial charge in [0.05, 0.1) is 31.9 Å². The second-order valence-corrected chi connectivity index (χ2v) is 11.3. The molecule has 1 fully saturated rings. The number of hydrogen-bond donors (Lipinski definition) is 2. The van der Waals surface area contributed by atoms with Crippen molar-refractivity contribution < 1.29 is 29.2 Å². The highest BCUT2D eigenvalue weighted by Crippen LogP contribution is 2.57. The van der Waals surface area contributed by atoms with Crippen LogP contribution in [-0.4, -0.2) is 78.7 Å². The van der Waals surface area contributed by atoms with E-state index in [-0.39, 0.29) is 50.3 Å². The highest BCUT2D eigenvalue weighted by molar-refractivity contribution is 5.66. The lowest BCUT2D eigenvalue weighted by molar-refractivity contribution is -0.0827.